The van der Waals surface area contributed by atoms with Crippen molar-refractivity contribution in [3.63, 3.8) is 0 Å². The molecule has 158 valence electrons. The van der Waals surface area contributed by atoms with Crippen LogP contribution in [0.3, 0.4) is 0 Å². The first kappa shape index (κ1) is 20.8. The summed E-state index contributed by atoms with van der Waals surface area (Å²) >= 11 is 0. The van der Waals surface area contributed by atoms with Crippen LogP contribution in [0.5, 0.6) is 23.0 Å². The van der Waals surface area contributed by atoms with Crippen LogP contribution in [-0.4, -0.2) is 48.6 Å². The van der Waals surface area contributed by atoms with Crippen LogP contribution >= 0.6 is 0 Å². The first-order valence-corrected chi connectivity index (χ1v) is 9.07. The van der Waals surface area contributed by atoms with Gasteiger partial charge in [-0.15, -0.1) is 5.10 Å². The minimum absolute atomic E-state index is 0.0674. The van der Waals surface area contributed by atoms with Crippen molar-refractivity contribution in [3.05, 3.63) is 42.0 Å². The maximum Gasteiger partial charge on any atom is 0.281 e. The van der Waals surface area contributed by atoms with Crippen molar-refractivity contribution in [2.24, 2.45) is 0 Å². The summed E-state index contributed by atoms with van der Waals surface area (Å²) in [6, 6.07) is 10.3. The van der Waals surface area contributed by atoms with E-state index in [4.69, 9.17) is 24.7 Å². The molecule has 10 heteroatoms. The molecule has 10 nitrogen and oxygen atoms in total. The van der Waals surface area contributed by atoms with E-state index in [2.05, 4.69) is 15.4 Å². The molecule has 1 aromatic heterocycles. The summed E-state index contributed by atoms with van der Waals surface area (Å²) in [6.45, 7) is 2.49. The average molecular weight is 413 g/mol. The van der Waals surface area contributed by atoms with Gasteiger partial charge in [-0.1, -0.05) is 0 Å². The van der Waals surface area contributed by atoms with E-state index in [1.807, 2.05) is 31.2 Å². The van der Waals surface area contributed by atoms with Crippen LogP contribution in [0.25, 0.3) is 0 Å². The lowest BCUT2D eigenvalue weighted by atomic mass is 10.1. The van der Waals surface area contributed by atoms with E-state index in [9.17, 15) is 4.79 Å². The number of rotatable bonds is 8. The van der Waals surface area contributed by atoms with Gasteiger partial charge in [0.05, 0.1) is 27.9 Å². The second-order valence-corrected chi connectivity index (χ2v) is 6.01. The van der Waals surface area contributed by atoms with Crippen LogP contribution < -0.4 is 30.0 Å². The zero-order chi connectivity index (χ0) is 21.7. The molecule has 2 aromatic carbocycles. The molecule has 0 aliphatic heterocycles. The van der Waals surface area contributed by atoms with Gasteiger partial charge in [0.15, 0.2) is 11.5 Å². The molecule has 0 amide bonds. The maximum atomic E-state index is 13.0. The SMILES string of the molecule is CCOc1ccc(Nc2nc(N)n(C(=O)c3cc(OC)c(OC)c(OC)c3)n2)cc1. The summed E-state index contributed by atoms with van der Waals surface area (Å²) in [5, 5.41) is 7.17. The highest BCUT2D eigenvalue weighted by molar-refractivity contribution is 5.98. The Hall–Kier alpha value is -3.95. The molecule has 0 aliphatic rings. The number of nitrogens with one attached hydrogen (secondary N) is 1. The Morgan fingerprint density at radius 1 is 1.07 bits per heavy atom. The van der Waals surface area contributed by atoms with Gasteiger partial charge in [-0.2, -0.15) is 9.67 Å². The van der Waals surface area contributed by atoms with E-state index in [0.29, 0.717) is 23.9 Å². The van der Waals surface area contributed by atoms with Crippen molar-refractivity contribution < 1.29 is 23.7 Å². The van der Waals surface area contributed by atoms with Gasteiger partial charge in [0.1, 0.15) is 5.75 Å². The summed E-state index contributed by atoms with van der Waals surface area (Å²) < 4.78 is 22.3. The molecule has 1 heterocycles. The van der Waals surface area contributed by atoms with Gasteiger partial charge in [-0.25, -0.2) is 0 Å². The molecular weight excluding hydrogens is 390 g/mol. The second-order valence-electron chi connectivity index (χ2n) is 6.01. The zero-order valence-electron chi connectivity index (χ0n) is 17.1. The van der Waals surface area contributed by atoms with E-state index >= 15 is 0 Å². The first-order chi connectivity index (χ1) is 14.5. The molecular formula is C20H23N5O5. The summed E-state index contributed by atoms with van der Waals surface area (Å²) in [4.78, 5) is 17.1. The molecule has 0 aliphatic carbocycles. The van der Waals surface area contributed by atoms with E-state index < -0.39 is 5.91 Å². The topological polar surface area (TPSA) is 123 Å². The highest BCUT2D eigenvalue weighted by Crippen LogP contribution is 2.38. The Morgan fingerprint density at radius 3 is 2.23 bits per heavy atom. The number of hydrogen-bond donors (Lipinski definition) is 2. The molecule has 0 atom stereocenters. The number of nitrogen functional groups attached to an aromatic ring is 1. The van der Waals surface area contributed by atoms with Crippen LogP contribution in [0.15, 0.2) is 36.4 Å². The smallest absolute Gasteiger partial charge is 0.281 e. The number of carbonyl (C=O) groups is 1. The minimum Gasteiger partial charge on any atom is -0.494 e. The number of hydrogen-bond acceptors (Lipinski definition) is 9. The normalized spacial score (nSPS) is 10.4. The quantitative estimate of drug-likeness (QED) is 0.574. The van der Waals surface area contributed by atoms with Crippen LogP contribution in [0.2, 0.25) is 0 Å². The molecule has 0 unspecified atom stereocenters. The number of methoxy groups -OCH3 is 3. The van der Waals surface area contributed by atoms with Gasteiger partial charge < -0.3 is 30.0 Å². The van der Waals surface area contributed by atoms with Crippen LogP contribution in [0.1, 0.15) is 17.3 Å². The van der Waals surface area contributed by atoms with Gasteiger partial charge >= 0.3 is 0 Å². The van der Waals surface area contributed by atoms with E-state index in [-0.39, 0.29) is 17.5 Å². The standard InChI is InChI=1S/C20H23N5O5/c1-5-30-14-8-6-13(7-9-14)22-20-23-19(21)25(24-20)18(26)12-10-15(27-2)17(29-4)16(11-12)28-3/h6-11H,5H2,1-4H3,(H3,21,22,23,24). The Labute approximate surface area is 173 Å². The average Bonchev–Trinajstić information content (AvgIpc) is 3.13. The second kappa shape index (κ2) is 9.03. The van der Waals surface area contributed by atoms with Gasteiger partial charge in [0, 0.05) is 11.3 Å². The summed E-state index contributed by atoms with van der Waals surface area (Å²) in [5.41, 5.74) is 6.88. The maximum absolute atomic E-state index is 13.0. The van der Waals surface area contributed by atoms with Gasteiger partial charge in [-0.3, -0.25) is 4.79 Å². The van der Waals surface area contributed by atoms with Gasteiger partial charge in [-0.05, 0) is 43.3 Å². The van der Waals surface area contributed by atoms with Crippen LogP contribution in [-0.2, 0) is 0 Å². The van der Waals surface area contributed by atoms with Gasteiger partial charge in [0.25, 0.3) is 5.91 Å². The van der Waals surface area contributed by atoms with Crippen molar-refractivity contribution in [1.29, 1.82) is 0 Å². The zero-order valence-corrected chi connectivity index (χ0v) is 17.1. The number of nitrogens with zero attached hydrogens (tertiary/aromatic N) is 3. The van der Waals surface area contributed by atoms with Crippen molar-refractivity contribution in [2.45, 2.75) is 6.92 Å². The molecule has 3 N–H and O–H groups in total. The third kappa shape index (κ3) is 4.22. The van der Waals surface area contributed by atoms with Crippen molar-refractivity contribution in [3.8, 4) is 23.0 Å². The fourth-order valence-electron chi connectivity index (χ4n) is 2.78. The number of ether oxygens (including phenoxy) is 4. The Morgan fingerprint density at radius 2 is 1.70 bits per heavy atom. The molecule has 3 aromatic rings. The molecule has 0 fully saturated rings. The molecule has 3 rings (SSSR count). The molecule has 30 heavy (non-hydrogen) atoms. The third-order valence-electron chi connectivity index (χ3n) is 4.16. The first-order valence-electron chi connectivity index (χ1n) is 9.07. The number of aromatic nitrogens is 3. The molecule has 0 saturated carbocycles. The minimum atomic E-state index is -0.501. The molecule has 0 spiro atoms. The molecule has 0 bridgehead atoms. The summed E-state index contributed by atoms with van der Waals surface area (Å²) in [6.07, 6.45) is 0. The van der Waals surface area contributed by atoms with Crippen molar-refractivity contribution >= 4 is 23.5 Å². The Kier molecular flexibility index (Phi) is 6.26. The van der Waals surface area contributed by atoms with Gasteiger partial charge in [0.2, 0.25) is 17.6 Å². The monoisotopic (exact) mass is 413 g/mol. The van der Waals surface area contributed by atoms with Crippen molar-refractivity contribution in [1.82, 2.24) is 14.8 Å². The Bertz CT molecular complexity index is 1010. The lowest BCUT2D eigenvalue weighted by molar-refractivity contribution is 0.0947. The summed E-state index contributed by atoms with van der Waals surface area (Å²) in [5.74, 6) is 1.41. The molecule has 0 saturated heterocycles. The number of benzene rings is 2. The highest BCUT2D eigenvalue weighted by Gasteiger charge is 2.21. The van der Waals surface area contributed by atoms with Crippen LogP contribution in [0, 0.1) is 0 Å². The number of anilines is 3. The van der Waals surface area contributed by atoms with E-state index in [1.54, 1.807) is 0 Å². The molecule has 0 radical (unpaired) electrons. The predicted molar refractivity (Wildman–Crippen MR) is 111 cm³/mol. The predicted octanol–water partition coefficient (Wildman–Crippen LogP) is 2.72. The van der Waals surface area contributed by atoms with Crippen molar-refractivity contribution in [2.75, 3.05) is 39.0 Å². The Balaban J connectivity index is 1.86. The fraction of sp³-hybridized carbons (Fsp3) is 0.250. The number of nitrogens with two attached hydrogens (primary N) is 1. The third-order valence-corrected chi connectivity index (χ3v) is 4.16. The number of carbonyl (C=O) groups excluding carboxylic acids is 1. The van der Waals surface area contributed by atoms with E-state index in [1.165, 1.54) is 33.5 Å². The lowest BCUT2D eigenvalue weighted by Gasteiger charge is -2.13. The largest absolute Gasteiger partial charge is 0.494 e. The lowest BCUT2D eigenvalue weighted by Crippen LogP contribution is -2.17. The van der Waals surface area contributed by atoms with E-state index in [0.717, 1.165) is 16.1 Å². The van der Waals surface area contributed by atoms with Crippen LogP contribution in [0.4, 0.5) is 17.6 Å². The fourth-order valence-corrected chi connectivity index (χ4v) is 2.78. The highest BCUT2D eigenvalue weighted by atomic mass is 16.5. The summed E-state index contributed by atoms with van der Waals surface area (Å²) in [7, 11) is 4.42.